The highest BCUT2D eigenvalue weighted by Gasteiger charge is 2.17. The van der Waals surface area contributed by atoms with Crippen LogP contribution in [-0.4, -0.2) is 35.9 Å². The Morgan fingerprint density at radius 1 is 1.31 bits per heavy atom. The first-order valence-electron chi connectivity index (χ1n) is 5.39. The van der Waals surface area contributed by atoms with Crippen LogP contribution in [0.2, 0.25) is 0 Å². The van der Waals surface area contributed by atoms with E-state index in [0.717, 1.165) is 5.56 Å². The first-order valence-corrected chi connectivity index (χ1v) is 5.39. The van der Waals surface area contributed by atoms with E-state index in [-0.39, 0.29) is 18.0 Å². The van der Waals surface area contributed by atoms with Crippen molar-refractivity contribution < 1.29 is 4.79 Å². The second-order valence-electron chi connectivity index (χ2n) is 4.12. The Morgan fingerprint density at radius 3 is 2.38 bits per heavy atom. The van der Waals surface area contributed by atoms with Gasteiger partial charge in [-0.1, -0.05) is 0 Å². The van der Waals surface area contributed by atoms with Gasteiger partial charge in [0.2, 0.25) is 5.91 Å². The lowest BCUT2D eigenvalue weighted by Crippen LogP contribution is -2.42. The molecule has 0 aliphatic rings. The van der Waals surface area contributed by atoms with Crippen molar-refractivity contribution in [2.24, 2.45) is 0 Å². The summed E-state index contributed by atoms with van der Waals surface area (Å²) in [6.07, 6.45) is 3.51. The zero-order valence-corrected chi connectivity index (χ0v) is 10.3. The third kappa shape index (κ3) is 3.31. The SMILES string of the molecule is CC(N[C@@H](C)c1ccncc1)C(=O)N(C)C. The number of rotatable bonds is 4. The molecule has 0 saturated carbocycles. The van der Waals surface area contributed by atoms with E-state index >= 15 is 0 Å². The predicted octanol–water partition coefficient (Wildman–Crippen LogP) is 1.21. The number of likely N-dealkylation sites (N-methyl/N-ethyl adjacent to an activating group) is 1. The molecule has 1 aromatic heterocycles. The Bertz CT molecular complexity index is 337. The number of amides is 1. The lowest BCUT2D eigenvalue weighted by molar-refractivity contribution is -0.130. The Kier molecular flexibility index (Phi) is 4.43. The topological polar surface area (TPSA) is 45.2 Å². The number of pyridine rings is 1. The van der Waals surface area contributed by atoms with E-state index in [4.69, 9.17) is 0 Å². The van der Waals surface area contributed by atoms with Crippen LogP contribution in [0.3, 0.4) is 0 Å². The summed E-state index contributed by atoms with van der Waals surface area (Å²) in [5, 5.41) is 3.26. The van der Waals surface area contributed by atoms with Gasteiger partial charge in [0.1, 0.15) is 0 Å². The number of hydrogen-bond acceptors (Lipinski definition) is 3. The lowest BCUT2D eigenvalue weighted by Gasteiger charge is -2.22. The highest BCUT2D eigenvalue weighted by atomic mass is 16.2. The zero-order valence-electron chi connectivity index (χ0n) is 10.3. The van der Waals surface area contributed by atoms with Gasteiger partial charge in [0, 0.05) is 32.5 Å². The van der Waals surface area contributed by atoms with Crippen molar-refractivity contribution in [1.82, 2.24) is 15.2 Å². The molecular weight excluding hydrogens is 202 g/mol. The van der Waals surface area contributed by atoms with Crippen LogP contribution < -0.4 is 5.32 Å². The first-order chi connectivity index (χ1) is 7.52. The summed E-state index contributed by atoms with van der Waals surface area (Å²) in [6, 6.07) is 3.86. The van der Waals surface area contributed by atoms with Crippen LogP contribution in [0.15, 0.2) is 24.5 Å². The van der Waals surface area contributed by atoms with Crippen LogP contribution in [0.5, 0.6) is 0 Å². The third-order valence-corrected chi connectivity index (χ3v) is 2.52. The molecule has 0 bridgehead atoms. The van der Waals surface area contributed by atoms with Crippen molar-refractivity contribution in [2.75, 3.05) is 14.1 Å². The highest BCUT2D eigenvalue weighted by Crippen LogP contribution is 2.11. The Hall–Kier alpha value is -1.42. The number of carbonyl (C=O) groups excluding carboxylic acids is 1. The molecule has 0 aromatic carbocycles. The van der Waals surface area contributed by atoms with Crippen LogP contribution in [-0.2, 0) is 4.79 Å². The van der Waals surface area contributed by atoms with E-state index < -0.39 is 0 Å². The van der Waals surface area contributed by atoms with Gasteiger partial charge in [-0.05, 0) is 31.5 Å². The molecule has 0 fully saturated rings. The van der Waals surface area contributed by atoms with E-state index in [1.165, 1.54) is 0 Å². The number of carbonyl (C=O) groups is 1. The molecule has 1 heterocycles. The van der Waals surface area contributed by atoms with Crippen LogP contribution in [0, 0.1) is 0 Å². The lowest BCUT2D eigenvalue weighted by atomic mass is 10.1. The fourth-order valence-electron chi connectivity index (χ4n) is 1.58. The summed E-state index contributed by atoms with van der Waals surface area (Å²) in [5.74, 6) is 0.0842. The fourth-order valence-corrected chi connectivity index (χ4v) is 1.58. The van der Waals surface area contributed by atoms with Gasteiger partial charge < -0.3 is 4.90 Å². The Morgan fingerprint density at radius 2 is 1.88 bits per heavy atom. The van der Waals surface area contributed by atoms with Gasteiger partial charge in [-0.2, -0.15) is 0 Å². The predicted molar refractivity (Wildman–Crippen MR) is 63.9 cm³/mol. The van der Waals surface area contributed by atoms with Crippen LogP contribution in [0.1, 0.15) is 25.5 Å². The molecule has 1 aromatic rings. The second-order valence-corrected chi connectivity index (χ2v) is 4.12. The molecule has 1 amide bonds. The van der Waals surface area contributed by atoms with Gasteiger partial charge in [0.15, 0.2) is 0 Å². The van der Waals surface area contributed by atoms with Gasteiger partial charge in [-0.25, -0.2) is 0 Å². The van der Waals surface area contributed by atoms with Crippen LogP contribution in [0.25, 0.3) is 0 Å². The fraction of sp³-hybridized carbons (Fsp3) is 0.500. The van der Waals surface area contributed by atoms with Crippen LogP contribution in [0.4, 0.5) is 0 Å². The van der Waals surface area contributed by atoms with Gasteiger partial charge in [0.25, 0.3) is 0 Å². The summed E-state index contributed by atoms with van der Waals surface area (Å²) in [5.41, 5.74) is 1.13. The summed E-state index contributed by atoms with van der Waals surface area (Å²) < 4.78 is 0. The van der Waals surface area contributed by atoms with E-state index in [2.05, 4.69) is 10.3 Å². The highest BCUT2D eigenvalue weighted by molar-refractivity contribution is 5.80. The minimum absolute atomic E-state index is 0.0842. The minimum atomic E-state index is -0.182. The molecular formula is C12H19N3O. The van der Waals surface area contributed by atoms with Gasteiger partial charge in [0.05, 0.1) is 6.04 Å². The van der Waals surface area contributed by atoms with Crippen molar-refractivity contribution >= 4 is 5.91 Å². The summed E-state index contributed by atoms with van der Waals surface area (Å²) in [4.78, 5) is 17.2. The van der Waals surface area contributed by atoms with E-state index in [0.29, 0.717) is 0 Å². The average Bonchev–Trinajstić information content (AvgIpc) is 2.28. The largest absolute Gasteiger partial charge is 0.347 e. The summed E-state index contributed by atoms with van der Waals surface area (Å²) in [7, 11) is 3.52. The van der Waals surface area contributed by atoms with Crippen molar-refractivity contribution in [1.29, 1.82) is 0 Å². The zero-order chi connectivity index (χ0) is 12.1. The first kappa shape index (κ1) is 12.6. The van der Waals surface area contributed by atoms with Gasteiger partial charge >= 0.3 is 0 Å². The molecule has 88 valence electrons. The van der Waals surface area contributed by atoms with Crippen molar-refractivity contribution in [3.63, 3.8) is 0 Å². The van der Waals surface area contributed by atoms with Crippen LogP contribution >= 0.6 is 0 Å². The molecule has 1 N–H and O–H groups in total. The molecule has 0 radical (unpaired) electrons. The molecule has 0 spiro atoms. The molecule has 2 atom stereocenters. The van der Waals surface area contributed by atoms with Crippen molar-refractivity contribution in [3.8, 4) is 0 Å². The molecule has 4 heteroatoms. The Labute approximate surface area is 96.7 Å². The number of aromatic nitrogens is 1. The van der Waals surface area contributed by atoms with E-state index in [9.17, 15) is 4.79 Å². The Balaban J connectivity index is 2.58. The molecule has 16 heavy (non-hydrogen) atoms. The summed E-state index contributed by atoms with van der Waals surface area (Å²) in [6.45, 7) is 3.91. The molecule has 1 rings (SSSR count). The van der Waals surface area contributed by atoms with Gasteiger partial charge in [-0.15, -0.1) is 0 Å². The quantitative estimate of drug-likeness (QED) is 0.831. The second kappa shape index (κ2) is 5.61. The minimum Gasteiger partial charge on any atom is -0.347 e. The maximum absolute atomic E-state index is 11.7. The average molecular weight is 221 g/mol. The molecule has 4 nitrogen and oxygen atoms in total. The molecule has 0 aliphatic carbocycles. The standard InChI is InChI=1S/C12H19N3O/c1-9(11-5-7-13-8-6-11)14-10(2)12(16)15(3)4/h5-10,14H,1-4H3/t9-,10?/m0/s1. The third-order valence-electron chi connectivity index (χ3n) is 2.52. The maximum atomic E-state index is 11.7. The normalized spacial score (nSPS) is 14.2. The van der Waals surface area contributed by atoms with E-state index in [1.54, 1.807) is 31.4 Å². The number of hydrogen-bond donors (Lipinski definition) is 1. The van der Waals surface area contributed by atoms with Crippen molar-refractivity contribution in [2.45, 2.75) is 25.9 Å². The van der Waals surface area contributed by atoms with E-state index in [1.807, 2.05) is 26.0 Å². The molecule has 0 aliphatic heterocycles. The molecule has 1 unspecified atom stereocenters. The van der Waals surface area contributed by atoms with Gasteiger partial charge in [-0.3, -0.25) is 15.1 Å². The number of nitrogens with zero attached hydrogens (tertiary/aromatic N) is 2. The van der Waals surface area contributed by atoms with Crippen molar-refractivity contribution in [3.05, 3.63) is 30.1 Å². The molecule has 0 saturated heterocycles. The summed E-state index contributed by atoms with van der Waals surface area (Å²) >= 11 is 0. The number of nitrogens with one attached hydrogen (secondary N) is 1. The maximum Gasteiger partial charge on any atom is 0.238 e. The smallest absolute Gasteiger partial charge is 0.238 e. The monoisotopic (exact) mass is 221 g/mol.